The number of fused-ring (bicyclic) bond motifs is 3. The fourth-order valence-corrected chi connectivity index (χ4v) is 1.85. The van der Waals surface area contributed by atoms with Crippen LogP contribution >= 0.6 is 0 Å². The van der Waals surface area contributed by atoms with E-state index in [2.05, 4.69) is 0 Å². The Morgan fingerprint density at radius 2 is 2.25 bits per heavy atom. The quantitative estimate of drug-likeness (QED) is 0.542. The van der Waals surface area contributed by atoms with E-state index < -0.39 is 4.92 Å². The van der Waals surface area contributed by atoms with E-state index in [4.69, 9.17) is 4.74 Å². The smallest absolute Gasteiger partial charge is 0.271 e. The number of ether oxygens (including phenoxy) is 1. The molecule has 0 N–H and O–H groups in total. The first-order valence-electron chi connectivity index (χ1n) is 4.83. The van der Waals surface area contributed by atoms with E-state index in [1.54, 1.807) is 6.07 Å². The van der Waals surface area contributed by atoms with Crippen LogP contribution in [-0.4, -0.2) is 9.49 Å². The Labute approximate surface area is 91.0 Å². The Kier molecular flexibility index (Phi) is 1.73. The second-order valence-corrected chi connectivity index (χ2v) is 3.57. The van der Waals surface area contributed by atoms with Crippen molar-refractivity contribution in [2.24, 2.45) is 0 Å². The molecule has 5 heteroatoms. The van der Waals surface area contributed by atoms with Gasteiger partial charge in [0.15, 0.2) is 0 Å². The number of rotatable bonds is 1. The molecule has 1 aliphatic rings. The molecule has 2 aromatic rings. The largest absolute Gasteiger partial charge is 0.485 e. The summed E-state index contributed by atoms with van der Waals surface area (Å²) in [7, 11) is 0. The summed E-state index contributed by atoms with van der Waals surface area (Å²) in [6.07, 6.45) is 1.88. The van der Waals surface area contributed by atoms with Crippen molar-refractivity contribution in [2.75, 3.05) is 0 Å². The summed E-state index contributed by atoms with van der Waals surface area (Å²) in [5.74, 6) is 0.675. The minimum atomic E-state index is -0.405. The molecule has 1 aliphatic heterocycles. The number of aromatic nitrogens is 1. The number of benzene rings is 1. The third kappa shape index (κ3) is 1.18. The Balaban J connectivity index is 2.22. The van der Waals surface area contributed by atoms with Crippen LogP contribution < -0.4 is 4.74 Å². The minimum absolute atomic E-state index is 0.0731. The third-order valence-electron chi connectivity index (χ3n) is 2.62. The molecule has 0 amide bonds. The van der Waals surface area contributed by atoms with Crippen molar-refractivity contribution in [1.82, 2.24) is 4.57 Å². The van der Waals surface area contributed by atoms with E-state index in [0.717, 1.165) is 11.4 Å². The van der Waals surface area contributed by atoms with Gasteiger partial charge in [-0.1, -0.05) is 0 Å². The number of non-ortho nitro benzene ring substituents is 1. The fraction of sp³-hybridized carbons (Fsp3) is 0.0909. The molecule has 0 fully saturated rings. The zero-order chi connectivity index (χ0) is 11.1. The van der Waals surface area contributed by atoms with Crippen LogP contribution in [0.25, 0.3) is 5.69 Å². The Morgan fingerprint density at radius 3 is 3.06 bits per heavy atom. The Hall–Kier alpha value is -2.30. The standard InChI is InChI=1S/C11H8N2O3/c14-13(15)8-3-4-11-10(6-8)12-5-1-2-9(12)7-16-11/h1-6H,7H2. The molecule has 1 aromatic heterocycles. The Bertz CT molecular complexity index is 574. The SMILES string of the molecule is O=[N+]([O-])c1ccc2c(c1)-n1cccc1CO2. The van der Waals surface area contributed by atoms with E-state index in [1.807, 2.05) is 22.9 Å². The summed E-state index contributed by atoms with van der Waals surface area (Å²) in [6.45, 7) is 0.498. The molecule has 80 valence electrons. The number of hydrogen-bond donors (Lipinski definition) is 0. The van der Waals surface area contributed by atoms with Crippen molar-refractivity contribution in [3.63, 3.8) is 0 Å². The molecule has 1 aromatic carbocycles. The second-order valence-electron chi connectivity index (χ2n) is 3.57. The maximum Gasteiger partial charge on any atom is 0.271 e. The molecule has 0 saturated heterocycles. The van der Waals surface area contributed by atoms with Crippen LogP contribution in [0.4, 0.5) is 5.69 Å². The fourth-order valence-electron chi connectivity index (χ4n) is 1.85. The molecule has 0 saturated carbocycles. The molecule has 0 aliphatic carbocycles. The first kappa shape index (κ1) is 8.96. The van der Waals surface area contributed by atoms with Gasteiger partial charge in [0, 0.05) is 18.3 Å². The molecule has 16 heavy (non-hydrogen) atoms. The highest BCUT2D eigenvalue weighted by Crippen LogP contribution is 2.32. The summed E-state index contributed by atoms with van der Waals surface area (Å²) in [4.78, 5) is 10.3. The number of nitro groups is 1. The predicted molar refractivity (Wildman–Crippen MR) is 56.8 cm³/mol. The van der Waals surface area contributed by atoms with Crippen molar-refractivity contribution in [3.05, 3.63) is 52.3 Å². The summed E-state index contributed by atoms with van der Waals surface area (Å²) in [5, 5.41) is 10.7. The topological polar surface area (TPSA) is 57.3 Å². The van der Waals surface area contributed by atoms with Crippen LogP contribution in [0.15, 0.2) is 36.5 Å². The van der Waals surface area contributed by atoms with Crippen molar-refractivity contribution < 1.29 is 9.66 Å². The molecule has 3 rings (SSSR count). The normalized spacial score (nSPS) is 12.5. The van der Waals surface area contributed by atoms with Crippen LogP contribution in [0.2, 0.25) is 0 Å². The van der Waals surface area contributed by atoms with E-state index in [0.29, 0.717) is 12.4 Å². The molecule has 0 unspecified atom stereocenters. The lowest BCUT2D eigenvalue weighted by Crippen LogP contribution is -2.11. The lowest BCUT2D eigenvalue weighted by molar-refractivity contribution is -0.384. The highest BCUT2D eigenvalue weighted by molar-refractivity contribution is 5.55. The monoisotopic (exact) mass is 216 g/mol. The van der Waals surface area contributed by atoms with Crippen LogP contribution in [0.5, 0.6) is 5.75 Å². The summed E-state index contributed by atoms with van der Waals surface area (Å²) >= 11 is 0. The highest BCUT2D eigenvalue weighted by atomic mass is 16.6. The number of nitrogens with zero attached hydrogens (tertiary/aromatic N) is 2. The maximum atomic E-state index is 10.7. The van der Waals surface area contributed by atoms with E-state index in [9.17, 15) is 10.1 Å². The van der Waals surface area contributed by atoms with Crippen molar-refractivity contribution in [3.8, 4) is 11.4 Å². The molecule has 2 heterocycles. The first-order chi connectivity index (χ1) is 7.75. The third-order valence-corrected chi connectivity index (χ3v) is 2.62. The molecular formula is C11H8N2O3. The van der Waals surface area contributed by atoms with Crippen LogP contribution in [0.1, 0.15) is 5.69 Å². The molecular weight excluding hydrogens is 208 g/mol. The lowest BCUT2D eigenvalue weighted by Gasteiger charge is -2.19. The lowest BCUT2D eigenvalue weighted by atomic mass is 10.2. The van der Waals surface area contributed by atoms with Gasteiger partial charge in [0.2, 0.25) is 0 Å². The van der Waals surface area contributed by atoms with E-state index >= 15 is 0 Å². The van der Waals surface area contributed by atoms with Gasteiger partial charge in [-0.3, -0.25) is 10.1 Å². The average Bonchev–Trinajstić information content (AvgIpc) is 2.76. The number of nitro benzene ring substituents is 1. The van der Waals surface area contributed by atoms with Gasteiger partial charge < -0.3 is 9.30 Å². The van der Waals surface area contributed by atoms with E-state index in [-0.39, 0.29) is 5.69 Å². The summed E-state index contributed by atoms with van der Waals surface area (Å²) < 4.78 is 7.41. The van der Waals surface area contributed by atoms with Crippen molar-refractivity contribution >= 4 is 5.69 Å². The highest BCUT2D eigenvalue weighted by Gasteiger charge is 2.18. The van der Waals surface area contributed by atoms with Gasteiger partial charge in [-0.05, 0) is 18.2 Å². The van der Waals surface area contributed by atoms with Gasteiger partial charge in [0.1, 0.15) is 12.4 Å². The van der Waals surface area contributed by atoms with Gasteiger partial charge in [-0.15, -0.1) is 0 Å². The molecule has 0 spiro atoms. The molecule has 5 nitrogen and oxygen atoms in total. The zero-order valence-corrected chi connectivity index (χ0v) is 8.29. The van der Waals surface area contributed by atoms with Crippen LogP contribution in [0.3, 0.4) is 0 Å². The van der Waals surface area contributed by atoms with Gasteiger partial charge in [-0.25, -0.2) is 0 Å². The maximum absolute atomic E-state index is 10.7. The van der Waals surface area contributed by atoms with Crippen molar-refractivity contribution in [1.29, 1.82) is 0 Å². The second kappa shape index (κ2) is 3.10. The average molecular weight is 216 g/mol. The van der Waals surface area contributed by atoms with Crippen molar-refractivity contribution in [2.45, 2.75) is 6.61 Å². The van der Waals surface area contributed by atoms with Crippen LogP contribution in [0, 0.1) is 10.1 Å². The summed E-state index contributed by atoms with van der Waals surface area (Å²) in [5.41, 5.74) is 1.79. The van der Waals surface area contributed by atoms with Gasteiger partial charge >= 0.3 is 0 Å². The zero-order valence-electron chi connectivity index (χ0n) is 8.29. The van der Waals surface area contributed by atoms with Gasteiger partial charge in [0.05, 0.1) is 16.3 Å². The van der Waals surface area contributed by atoms with E-state index in [1.165, 1.54) is 12.1 Å². The summed E-state index contributed by atoms with van der Waals surface area (Å²) in [6, 6.07) is 8.44. The number of hydrogen-bond acceptors (Lipinski definition) is 3. The minimum Gasteiger partial charge on any atom is -0.485 e. The molecule has 0 bridgehead atoms. The molecule has 0 radical (unpaired) electrons. The Morgan fingerprint density at radius 1 is 1.38 bits per heavy atom. The first-order valence-corrected chi connectivity index (χ1v) is 4.83. The molecule has 0 atom stereocenters. The van der Waals surface area contributed by atoms with Crippen LogP contribution in [-0.2, 0) is 6.61 Å². The van der Waals surface area contributed by atoms with Gasteiger partial charge in [0.25, 0.3) is 5.69 Å². The predicted octanol–water partition coefficient (Wildman–Crippen LogP) is 2.28. The van der Waals surface area contributed by atoms with Gasteiger partial charge in [-0.2, -0.15) is 0 Å².